The minimum Gasteiger partial charge on any atom is -0.510 e. The molecule has 0 radical (unpaired) electrons. The summed E-state index contributed by atoms with van der Waals surface area (Å²) in [6, 6.07) is 0. The van der Waals surface area contributed by atoms with Gasteiger partial charge in [0, 0.05) is 29.6 Å². The number of hydrogen-bond donors (Lipinski definition) is 1. The van der Waals surface area contributed by atoms with Crippen LogP contribution in [-0.4, -0.2) is 28.2 Å². The highest BCUT2D eigenvalue weighted by Gasteiger charge is 2.71. The Morgan fingerprint density at radius 2 is 1.77 bits per heavy atom. The Balaban J connectivity index is 0.00000231. The fourth-order valence-electron chi connectivity index (χ4n) is 8.09. The molecule has 0 saturated heterocycles. The Hall–Kier alpha value is -1.62. The molecular formula is C25H33ClO5. The van der Waals surface area contributed by atoms with E-state index in [9.17, 15) is 19.5 Å². The molecule has 1 N–H and O–H groups in total. The summed E-state index contributed by atoms with van der Waals surface area (Å²) in [5.41, 5.74) is -1.15. The summed E-state index contributed by atoms with van der Waals surface area (Å²) < 4.78 is 5.77. The van der Waals surface area contributed by atoms with Gasteiger partial charge in [-0.3, -0.25) is 14.4 Å². The van der Waals surface area contributed by atoms with E-state index in [2.05, 4.69) is 6.92 Å². The maximum Gasteiger partial charge on any atom is 0.303 e. The molecule has 170 valence electrons. The average Bonchev–Trinajstić information content (AvgIpc) is 3.43. The molecule has 3 unspecified atom stereocenters. The van der Waals surface area contributed by atoms with Crippen LogP contribution in [0.3, 0.4) is 0 Å². The minimum absolute atomic E-state index is 0. The van der Waals surface area contributed by atoms with Crippen molar-refractivity contribution in [2.75, 3.05) is 0 Å². The van der Waals surface area contributed by atoms with Gasteiger partial charge in [0.2, 0.25) is 0 Å². The molecule has 0 spiro atoms. The first-order valence-electron chi connectivity index (χ1n) is 11.0. The van der Waals surface area contributed by atoms with Crippen molar-refractivity contribution < 1.29 is 24.2 Å². The van der Waals surface area contributed by atoms with E-state index < -0.39 is 17.0 Å². The summed E-state index contributed by atoms with van der Waals surface area (Å²) in [5, 5.41) is 11.6. The second-order valence-electron chi connectivity index (χ2n) is 10.6. The molecule has 5 aliphatic carbocycles. The van der Waals surface area contributed by atoms with Crippen LogP contribution in [0, 0.1) is 40.4 Å². The fourth-order valence-corrected chi connectivity index (χ4v) is 8.48. The highest BCUT2D eigenvalue weighted by Crippen LogP contribution is 2.73. The molecule has 0 heterocycles. The van der Waals surface area contributed by atoms with Crippen LogP contribution in [0.5, 0.6) is 0 Å². The molecule has 0 bridgehead atoms. The van der Waals surface area contributed by atoms with Crippen LogP contribution in [0.25, 0.3) is 0 Å². The number of allylic oxidation sites excluding steroid dienone is 4. The van der Waals surface area contributed by atoms with Crippen molar-refractivity contribution in [2.45, 2.75) is 72.8 Å². The van der Waals surface area contributed by atoms with Crippen LogP contribution in [0.4, 0.5) is 0 Å². The van der Waals surface area contributed by atoms with Crippen molar-refractivity contribution in [3.8, 4) is 0 Å². The van der Waals surface area contributed by atoms with Gasteiger partial charge in [-0.25, -0.2) is 0 Å². The smallest absolute Gasteiger partial charge is 0.303 e. The molecule has 3 fully saturated rings. The first-order valence-corrected chi connectivity index (χ1v) is 11.4. The molecule has 5 nitrogen and oxygen atoms in total. The number of ketones is 2. The van der Waals surface area contributed by atoms with Gasteiger partial charge < -0.3 is 9.84 Å². The Kier molecular flexibility index (Phi) is 4.87. The number of Topliss-reactive ketones (excluding diaryl/α,β-unsaturated/α-hetero) is 1. The topological polar surface area (TPSA) is 80.7 Å². The van der Waals surface area contributed by atoms with Gasteiger partial charge in [-0.05, 0) is 68.4 Å². The zero-order chi connectivity index (χ0) is 21.8. The van der Waals surface area contributed by atoms with Crippen LogP contribution in [0.15, 0.2) is 22.4 Å². The Bertz CT molecular complexity index is 950. The normalized spacial score (nSPS) is 47.2. The van der Waals surface area contributed by atoms with Gasteiger partial charge in [0.15, 0.2) is 17.2 Å². The first kappa shape index (κ1) is 22.6. The van der Waals surface area contributed by atoms with Crippen molar-refractivity contribution in [3.05, 3.63) is 22.4 Å². The highest BCUT2D eigenvalue weighted by atomic mass is 35.5. The third-order valence-corrected chi connectivity index (χ3v) is 10.0. The maximum absolute atomic E-state index is 12.8. The SMILES string of the molecule is C.CC(=O)O[C@]1(C(C)=O)CCC2C3C(O)=C(Cl)C4=CC(=O)[C@@H]5C[C@@H]5[C@]4(C)C3CC[C@@]21C. The van der Waals surface area contributed by atoms with E-state index in [-0.39, 0.29) is 59.8 Å². The van der Waals surface area contributed by atoms with Gasteiger partial charge in [0.25, 0.3) is 0 Å². The number of aliphatic hydroxyl groups excluding tert-OH is 1. The van der Waals surface area contributed by atoms with Crippen molar-refractivity contribution in [1.82, 2.24) is 0 Å². The van der Waals surface area contributed by atoms with Crippen LogP contribution in [0.2, 0.25) is 0 Å². The molecule has 0 aromatic carbocycles. The third kappa shape index (κ3) is 2.53. The molecule has 6 heteroatoms. The number of ether oxygens (including phenoxy) is 1. The van der Waals surface area contributed by atoms with E-state index in [1.807, 2.05) is 6.92 Å². The molecule has 3 saturated carbocycles. The van der Waals surface area contributed by atoms with E-state index >= 15 is 0 Å². The Morgan fingerprint density at radius 1 is 1.13 bits per heavy atom. The second kappa shape index (κ2) is 6.69. The number of carbonyl (C=O) groups excluding carboxylic acids is 3. The lowest BCUT2D eigenvalue weighted by Gasteiger charge is -2.58. The van der Waals surface area contributed by atoms with Crippen LogP contribution in [-0.2, 0) is 19.1 Å². The third-order valence-electron chi connectivity index (χ3n) is 9.62. The predicted octanol–water partition coefficient (Wildman–Crippen LogP) is 5.13. The number of rotatable bonds is 2. The summed E-state index contributed by atoms with van der Waals surface area (Å²) in [7, 11) is 0. The second-order valence-corrected chi connectivity index (χ2v) is 11.0. The lowest BCUT2D eigenvalue weighted by Crippen LogP contribution is -2.59. The van der Waals surface area contributed by atoms with E-state index in [0.717, 1.165) is 24.8 Å². The van der Waals surface area contributed by atoms with Crippen molar-refractivity contribution in [1.29, 1.82) is 0 Å². The van der Waals surface area contributed by atoms with Crippen LogP contribution in [0.1, 0.15) is 67.2 Å². The summed E-state index contributed by atoms with van der Waals surface area (Å²) in [5.74, 6) is 0.0237. The molecule has 5 rings (SSSR count). The highest BCUT2D eigenvalue weighted by molar-refractivity contribution is 6.33. The molecule has 5 aliphatic rings. The lowest BCUT2D eigenvalue weighted by atomic mass is 9.47. The Morgan fingerprint density at radius 3 is 2.39 bits per heavy atom. The number of halogens is 1. The zero-order valence-corrected chi connectivity index (χ0v) is 18.7. The lowest BCUT2D eigenvalue weighted by molar-refractivity contribution is -0.186. The fraction of sp³-hybridized carbons (Fsp3) is 0.720. The van der Waals surface area contributed by atoms with Gasteiger partial charge in [0.1, 0.15) is 5.76 Å². The van der Waals surface area contributed by atoms with E-state index in [1.165, 1.54) is 13.8 Å². The van der Waals surface area contributed by atoms with Crippen molar-refractivity contribution in [3.63, 3.8) is 0 Å². The van der Waals surface area contributed by atoms with Crippen molar-refractivity contribution in [2.24, 2.45) is 40.4 Å². The van der Waals surface area contributed by atoms with E-state index in [0.29, 0.717) is 17.9 Å². The first-order chi connectivity index (χ1) is 14.0. The number of hydrogen-bond acceptors (Lipinski definition) is 5. The molecule has 8 atom stereocenters. The minimum atomic E-state index is -1.15. The summed E-state index contributed by atoms with van der Waals surface area (Å²) >= 11 is 6.71. The average molecular weight is 449 g/mol. The van der Waals surface area contributed by atoms with E-state index in [1.54, 1.807) is 6.08 Å². The number of esters is 1. The number of fused-ring (bicyclic) bond motifs is 7. The number of carbonyl (C=O) groups is 3. The van der Waals surface area contributed by atoms with Crippen molar-refractivity contribution >= 4 is 29.1 Å². The van der Waals surface area contributed by atoms with Crippen LogP contribution < -0.4 is 0 Å². The van der Waals surface area contributed by atoms with Crippen LogP contribution >= 0.6 is 11.6 Å². The summed E-state index contributed by atoms with van der Waals surface area (Å²) in [4.78, 5) is 37.2. The molecular weight excluding hydrogens is 416 g/mol. The van der Waals surface area contributed by atoms with Gasteiger partial charge in [-0.15, -0.1) is 0 Å². The quantitative estimate of drug-likeness (QED) is 0.592. The molecule has 0 aliphatic heterocycles. The maximum atomic E-state index is 12.8. The standard InChI is InChI=1S/C24H29ClO5.CH4/c1-11(26)24(30-12(2)27)8-6-14-19-15(5-7-22(14,24)3)23(4)16-9-13(16)18(28)10-17(23)20(25)21(19)29;/h10,13-16,19,29H,5-9H2,1-4H3;1H4/t13-,14?,15?,16+,19?,22+,23+,24+;/m1./s1. The van der Waals surface area contributed by atoms with Gasteiger partial charge in [-0.2, -0.15) is 0 Å². The monoisotopic (exact) mass is 448 g/mol. The molecule has 31 heavy (non-hydrogen) atoms. The van der Waals surface area contributed by atoms with E-state index in [4.69, 9.17) is 16.3 Å². The van der Waals surface area contributed by atoms with Gasteiger partial charge in [0.05, 0.1) is 5.03 Å². The molecule has 0 amide bonds. The molecule has 0 aromatic heterocycles. The molecule has 0 aromatic rings. The number of aliphatic hydroxyl groups is 1. The van der Waals surface area contributed by atoms with Gasteiger partial charge in [-0.1, -0.05) is 32.9 Å². The summed E-state index contributed by atoms with van der Waals surface area (Å²) in [6.45, 7) is 7.12. The Labute approximate surface area is 189 Å². The largest absolute Gasteiger partial charge is 0.510 e. The predicted molar refractivity (Wildman–Crippen MR) is 117 cm³/mol. The summed E-state index contributed by atoms with van der Waals surface area (Å²) in [6.07, 6.45) is 5.26. The zero-order valence-electron chi connectivity index (χ0n) is 18.0. The van der Waals surface area contributed by atoms with Gasteiger partial charge >= 0.3 is 5.97 Å².